The molecule has 0 saturated heterocycles. The molecule has 0 amide bonds. The van der Waals surface area contributed by atoms with Gasteiger partial charge in [0.2, 0.25) is 0 Å². The smallest absolute Gasteiger partial charge is 0.0782 e. The molecule has 1 aliphatic carbocycles. The Bertz CT molecular complexity index is 374. The van der Waals surface area contributed by atoms with E-state index in [4.69, 9.17) is 0 Å². The first-order chi connectivity index (χ1) is 7.63. The van der Waals surface area contributed by atoms with Crippen LogP contribution in [0.5, 0.6) is 0 Å². The Morgan fingerprint density at radius 3 is 2.69 bits per heavy atom. The standard InChI is InChI=1S/C13H18BrNO/c1-3-15(11-5-6-11)13-7-4-10(14)8-12(13)9(2)16/h4,7-9,11,16H,3,5-6H2,1-2H3. The predicted octanol–water partition coefficient (Wildman–Crippen LogP) is 3.49. The summed E-state index contributed by atoms with van der Waals surface area (Å²) >= 11 is 3.46. The summed E-state index contributed by atoms with van der Waals surface area (Å²) in [6.07, 6.45) is 2.15. The molecule has 1 N–H and O–H groups in total. The van der Waals surface area contributed by atoms with Gasteiger partial charge < -0.3 is 10.0 Å². The summed E-state index contributed by atoms with van der Waals surface area (Å²) < 4.78 is 1.03. The number of benzene rings is 1. The summed E-state index contributed by atoms with van der Waals surface area (Å²) in [4.78, 5) is 2.40. The van der Waals surface area contributed by atoms with E-state index in [0.717, 1.165) is 16.6 Å². The number of nitrogens with zero attached hydrogens (tertiary/aromatic N) is 1. The van der Waals surface area contributed by atoms with E-state index in [0.29, 0.717) is 6.04 Å². The third kappa shape index (κ3) is 2.41. The minimum Gasteiger partial charge on any atom is -0.389 e. The molecule has 2 rings (SSSR count). The van der Waals surface area contributed by atoms with Crippen molar-refractivity contribution in [1.82, 2.24) is 0 Å². The summed E-state index contributed by atoms with van der Waals surface area (Å²) in [6.45, 7) is 5.00. The Labute approximate surface area is 105 Å². The lowest BCUT2D eigenvalue weighted by Crippen LogP contribution is -2.26. The highest BCUT2D eigenvalue weighted by atomic mass is 79.9. The van der Waals surface area contributed by atoms with E-state index < -0.39 is 6.10 Å². The highest BCUT2D eigenvalue weighted by Crippen LogP contribution is 2.36. The Morgan fingerprint density at radius 1 is 1.50 bits per heavy atom. The van der Waals surface area contributed by atoms with Gasteiger partial charge in [-0.2, -0.15) is 0 Å². The fraction of sp³-hybridized carbons (Fsp3) is 0.538. The topological polar surface area (TPSA) is 23.5 Å². The fourth-order valence-corrected chi connectivity index (χ4v) is 2.51. The molecule has 0 aliphatic heterocycles. The SMILES string of the molecule is CCN(c1ccc(Br)cc1C(C)O)C1CC1. The quantitative estimate of drug-likeness (QED) is 0.914. The molecule has 0 heterocycles. The zero-order valence-electron chi connectivity index (χ0n) is 9.78. The van der Waals surface area contributed by atoms with Crippen LogP contribution in [0.1, 0.15) is 38.4 Å². The molecule has 1 unspecified atom stereocenters. The van der Waals surface area contributed by atoms with Crippen LogP contribution in [0.3, 0.4) is 0 Å². The first-order valence-electron chi connectivity index (χ1n) is 5.87. The number of halogens is 1. The molecule has 1 atom stereocenters. The lowest BCUT2D eigenvalue weighted by atomic mass is 10.1. The van der Waals surface area contributed by atoms with Crippen LogP contribution in [0.4, 0.5) is 5.69 Å². The molecule has 1 aromatic carbocycles. The second-order valence-electron chi connectivity index (χ2n) is 4.40. The number of anilines is 1. The zero-order chi connectivity index (χ0) is 11.7. The Kier molecular flexibility index (Phi) is 3.55. The normalized spacial score (nSPS) is 17.2. The molecular weight excluding hydrogens is 266 g/mol. The van der Waals surface area contributed by atoms with Crippen LogP contribution >= 0.6 is 15.9 Å². The maximum absolute atomic E-state index is 9.83. The van der Waals surface area contributed by atoms with Crippen molar-refractivity contribution < 1.29 is 5.11 Å². The second kappa shape index (κ2) is 4.76. The molecule has 1 saturated carbocycles. The third-order valence-corrected chi connectivity index (χ3v) is 3.57. The van der Waals surface area contributed by atoms with E-state index in [2.05, 4.69) is 33.8 Å². The molecule has 0 radical (unpaired) electrons. The molecule has 2 nitrogen and oxygen atoms in total. The highest BCUT2D eigenvalue weighted by molar-refractivity contribution is 9.10. The Morgan fingerprint density at radius 2 is 2.19 bits per heavy atom. The molecule has 0 bridgehead atoms. The summed E-state index contributed by atoms with van der Waals surface area (Å²) in [7, 11) is 0. The molecule has 0 spiro atoms. The van der Waals surface area contributed by atoms with E-state index in [1.54, 1.807) is 0 Å². The molecule has 88 valence electrons. The lowest BCUT2D eigenvalue weighted by molar-refractivity contribution is 0.199. The van der Waals surface area contributed by atoms with Crippen molar-refractivity contribution in [3.05, 3.63) is 28.2 Å². The van der Waals surface area contributed by atoms with Crippen molar-refractivity contribution >= 4 is 21.6 Å². The zero-order valence-corrected chi connectivity index (χ0v) is 11.4. The summed E-state index contributed by atoms with van der Waals surface area (Å²) in [5.74, 6) is 0. The number of hydrogen-bond acceptors (Lipinski definition) is 2. The monoisotopic (exact) mass is 283 g/mol. The van der Waals surface area contributed by atoms with E-state index in [9.17, 15) is 5.11 Å². The van der Waals surface area contributed by atoms with Gasteiger partial charge in [-0.05, 0) is 44.9 Å². The Balaban J connectivity index is 2.37. The number of aliphatic hydroxyl groups is 1. The van der Waals surface area contributed by atoms with Gasteiger partial charge in [0, 0.05) is 28.3 Å². The van der Waals surface area contributed by atoms with Gasteiger partial charge in [-0.25, -0.2) is 0 Å². The van der Waals surface area contributed by atoms with Gasteiger partial charge >= 0.3 is 0 Å². The van der Waals surface area contributed by atoms with Crippen molar-refractivity contribution in [3.8, 4) is 0 Å². The molecule has 0 aromatic heterocycles. The van der Waals surface area contributed by atoms with Gasteiger partial charge in [0.25, 0.3) is 0 Å². The first-order valence-corrected chi connectivity index (χ1v) is 6.67. The summed E-state index contributed by atoms with van der Waals surface area (Å²) in [6, 6.07) is 6.86. The van der Waals surface area contributed by atoms with E-state index in [-0.39, 0.29) is 0 Å². The van der Waals surface area contributed by atoms with Crippen molar-refractivity contribution in [2.24, 2.45) is 0 Å². The molecule has 1 fully saturated rings. The third-order valence-electron chi connectivity index (χ3n) is 3.08. The highest BCUT2D eigenvalue weighted by Gasteiger charge is 2.29. The number of aliphatic hydroxyl groups excluding tert-OH is 1. The first kappa shape index (κ1) is 11.9. The van der Waals surface area contributed by atoms with Gasteiger partial charge in [0.05, 0.1) is 6.10 Å². The average molecular weight is 284 g/mol. The molecule has 1 aromatic rings. The summed E-state index contributed by atoms with van der Waals surface area (Å²) in [5.41, 5.74) is 2.20. The number of rotatable bonds is 4. The molecular formula is C13H18BrNO. The van der Waals surface area contributed by atoms with Gasteiger partial charge in [-0.15, -0.1) is 0 Å². The minimum atomic E-state index is -0.416. The van der Waals surface area contributed by atoms with Gasteiger partial charge in [-0.1, -0.05) is 15.9 Å². The lowest BCUT2D eigenvalue weighted by Gasteiger charge is -2.26. The van der Waals surface area contributed by atoms with Crippen molar-refractivity contribution in [2.75, 3.05) is 11.4 Å². The Hall–Kier alpha value is -0.540. The van der Waals surface area contributed by atoms with Gasteiger partial charge in [0.15, 0.2) is 0 Å². The number of hydrogen-bond donors (Lipinski definition) is 1. The van der Waals surface area contributed by atoms with Gasteiger partial charge in [-0.3, -0.25) is 0 Å². The van der Waals surface area contributed by atoms with E-state index >= 15 is 0 Å². The van der Waals surface area contributed by atoms with Crippen LogP contribution < -0.4 is 4.90 Å². The van der Waals surface area contributed by atoms with Crippen LogP contribution in [0.15, 0.2) is 22.7 Å². The van der Waals surface area contributed by atoms with Crippen LogP contribution in [-0.2, 0) is 0 Å². The van der Waals surface area contributed by atoms with Crippen molar-refractivity contribution in [3.63, 3.8) is 0 Å². The molecule has 16 heavy (non-hydrogen) atoms. The largest absolute Gasteiger partial charge is 0.389 e. The maximum Gasteiger partial charge on any atom is 0.0782 e. The predicted molar refractivity (Wildman–Crippen MR) is 70.8 cm³/mol. The fourth-order valence-electron chi connectivity index (χ4n) is 2.13. The average Bonchev–Trinajstić information content (AvgIpc) is 3.05. The van der Waals surface area contributed by atoms with Crippen LogP contribution in [0, 0.1) is 0 Å². The van der Waals surface area contributed by atoms with Crippen LogP contribution in [0.2, 0.25) is 0 Å². The van der Waals surface area contributed by atoms with Gasteiger partial charge in [0.1, 0.15) is 0 Å². The second-order valence-corrected chi connectivity index (χ2v) is 5.31. The van der Waals surface area contributed by atoms with Crippen LogP contribution in [-0.4, -0.2) is 17.7 Å². The van der Waals surface area contributed by atoms with E-state index in [1.165, 1.54) is 18.5 Å². The van der Waals surface area contributed by atoms with Crippen molar-refractivity contribution in [1.29, 1.82) is 0 Å². The van der Waals surface area contributed by atoms with Crippen LogP contribution in [0.25, 0.3) is 0 Å². The minimum absolute atomic E-state index is 0.416. The maximum atomic E-state index is 9.83. The van der Waals surface area contributed by atoms with E-state index in [1.807, 2.05) is 19.1 Å². The molecule has 3 heteroatoms. The van der Waals surface area contributed by atoms with Crippen molar-refractivity contribution in [2.45, 2.75) is 38.8 Å². The molecule has 1 aliphatic rings. The summed E-state index contributed by atoms with van der Waals surface area (Å²) in [5, 5.41) is 9.83.